The first kappa shape index (κ1) is 21.6. The molecule has 3 heteroatoms. The van der Waals surface area contributed by atoms with Crippen molar-refractivity contribution in [2.75, 3.05) is 6.38 Å². The summed E-state index contributed by atoms with van der Waals surface area (Å²) < 4.78 is 0. The summed E-state index contributed by atoms with van der Waals surface area (Å²) in [4.78, 5) is 0. The molecule has 0 saturated heterocycles. The molecule has 0 fully saturated rings. The van der Waals surface area contributed by atoms with Gasteiger partial charge in [0, 0.05) is 15.9 Å². The van der Waals surface area contributed by atoms with Gasteiger partial charge in [0.15, 0.2) is 0 Å². The van der Waals surface area contributed by atoms with Gasteiger partial charge >= 0.3 is 26.2 Å². The molecular weight excluding hydrogens is 311 g/mol. The van der Waals surface area contributed by atoms with Crippen molar-refractivity contribution >= 4 is 21.1 Å². The molecule has 0 saturated carbocycles. The van der Waals surface area contributed by atoms with Crippen LogP contribution in [0.15, 0.2) is 36.5 Å². The molecule has 0 aromatic rings. The molecule has 0 atom stereocenters. The maximum Gasteiger partial charge on any atom is 2.00 e. The van der Waals surface area contributed by atoms with Crippen LogP contribution in [0.25, 0.3) is 0 Å². The first-order valence-electron chi connectivity index (χ1n) is 4.97. The standard InChI is InChI=1S/2C5H5.C2H7Si.CH3Cl.Zr/c2*1-2-4-5-3-1;1-3-2;1-2;/h2*1-3H,4H2;3H,1-2H3;1H3;/q2*-1;;;+2. The molecule has 0 aromatic carbocycles. The van der Waals surface area contributed by atoms with Gasteiger partial charge in [-0.15, -0.1) is 24.4 Å². The van der Waals surface area contributed by atoms with Crippen molar-refractivity contribution < 1.29 is 26.2 Å². The molecule has 0 amide bonds. The van der Waals surface area contributed by atoms with E-state index in [0.29, 0.717) is 0 Å². The summed E-state index contributed by atoms with van der Waals surface area (Å²) in [5.41, 5.74) is 0. The summed E-state index contributed by atoms with van der Waals surface area (Å²) in [5, 5.41) is 0. The normalized spacial score (nSPS) is 12.5. The van der Waals surface area contributed by atoms with Gasteiger partial charge in [0.1, 0.15) is 0 Å². The average molecular weight is 331 g/mol. The fourth-order valence-corrected chi connectivity index (χ4v) is 0.680. The second-order valence-corrected chi connectivity index (χ2v) is 3.74. The van der Waals surface area contributed by atoms with Crippen LogP contribution in [0.2, 0.25) is 13.1 Å². The van der Waals surface area contributed by atoms with E-state index in [2.05, 4.69) is 49.0 Å². The minimum atomic E-state index is 0. The van der Waals surface area contributed by atoms with Crippen molar-refractivity contribution in [3.05, 3.63) is 48.6 Å². The Hall–Kier alpha value is 0.350. The summed E-state index contributed by atoms with van der Waals surface area (Å²) in [6.07, 6.45) is 21.5. The third-order valence-corrected chi connectivity index (χ3v) is 1.17. The molecule has 0 spiro atoms. The Morgan fingerprint density at radius 3 is 1.31 bits per heavy atom. The van der Waals surface area contributed by atoms with E-state index in [4.69, 9.17) is 0 Å². The van der Waals surface area contributed by atoms with Gasteiger partial charge in [-0.2, -0.15) is 12.2 Å². The number of halogens is 1. The van der Waals surface area contributed by atoms with Crippen molar-refractivity contribution in [3.8, 4) is 0 Å². The van der Waals surface area contributed by atoms with Crippen LogP contribution >= 0.6 is 11.6 Å². The zero-order valence-corrected chi connectivity index (χ0v) is 14.7. The monoisotopic (exact) mass is 329 g/mol. The summed E-state index contributed by atoms with van der Waals surface area (Å²) in [7, 11) is 0.750. The van der Waals surface area contributed by atoms with E-state index in [1.54, 1.807) is 0 Å². The average Bonchev–Trinajstić information content (AvgIpc) is 3.01. The minimum Gasteiger partial charge on any atom is -0.273 e. The molecular formula is C13H20ClSiZr. The Morgan fingerprint density at radius 2 is 1.25 bits per heavy atom. The van der Waals surface area contributed by atoms with Crippen molar-refractivity contribution in [2.45, 2.75) is 25.9 Å². The van der Waals surface area contributed by atoms with Crippen LogP contribution in [-0.2, 0) is 26.2 Å². The fourth-order valence-electron chi connectivity index (χ4n) is 0.680. The van der Waals surface area contributed by atoms with Gasteiger partial charge < -0.3 is 0 Å². The Morgan fingerprint density at radius 1 is 0.938 bits per heavy atom. The Labute approximate surface area is 127 Å². The molecule has 16 heavy (non-hydrogen) atoms. The first-order chi connectivity index (χ1) is 7.41. The molecule has 2 aliphatic carbocycles. The van der Waals surface area contributed by atoms with E-state index in [0.717, 1.165) is 22.4 Å². The maximum absolute atomic E-state index is 4.64. The molecule has 0 nitrogen and oxygen atoms in total. The Kier molecular flexibility index (Phi) is 33.1. The van der Waals surface area contributed by atoms with E-state index < -0.39 is 0 Å². The van der Waals surface area contributed by atoms with Crippen LogP contribution in [0, 0.1) is 12.2 Å². The molecule has 0 heterocycles. The smallest absolute Gasteiger partial charge is 0.273 e. The van der Waals surface area contributed by atoms with Gasteiger partial charge in [0.25, 0.3) is 0 Å². The van der Waals surface area contributed by atoms with Gasteiger partial charge in [-0.25, -0.2) is 24.3 Å². The van der Waals surface area contributed by atoms with Gasteiger partial charge in [-0.05, 0) is 0 Å². The predicted molar refractivity (Wildman–Crippen MR) is 73.8 cm³/mol. The molecule has 0 unspecified atom stereocenters. The molecule has 2 rings (SSSR count). The molecule has 87 valence electrons. The van der Waals surface area contributed by atoms with Crippen molar-refractivity contribution in [1.82, 2.24) is 0 Å². The number of allylic oxidation sites excluding steroid dienone is 8. The maximum atomic E-state index is 4.64. The molecule has 1 radical (unpaired) electrons. The van der Waals surface area contributed by atoms with E-state index in [1.165, 1.54) is 6.38 Å². The van der Waals surface area contributed by atoms with Crippen LogP contribution < -0.4 is 0 Å². The van der Waals surface area contributed by atoms with E-state index in [-0.39, 0.29) is 26.2 Å². The van der Waals surface area contributed by atoms with Crippen LogP contribution in [0.1, 0.15) is 12.8 Å². The Bertz CT molecular complexity index is 166. The molecule has 2 aliphatic rings. The van der Waals surface area contributed by atoms with Crippen LogP contribution in [0.4, 0.5) is 0 Å². The molecule has 0 bridgehead atoms. The van der Waals surface area contributed by atoms with Crippen LogP contribution in [0.3, 0.4) is 0 Å². The largest absolute Gasteiger partial charge is 2.00 e. The van der Waals surface area contributed by atoms with Gasteiger partial charge in [0.05, 0.1) is 0 Å². The third kappa shape index (κ3) is 23.9. The molecule has 0 aromatic heterocycles. The predicted octanol–water partition coefficient (Wildman–Crippen LogP) is 3.98. The molecule has 0 aliphatic heterocycles. The zero-order valence-electron chi connectivity index (χ0n) is 10.3. The second kappa shape index (κ2) is 24.5. The molecule has 0 N–H and O–H groups in total. The minimum absolute atomic E-state index is 0. The van der Waals surface area contributed by atoms with E-state index in [1.807, 2.05) is 24.3 Å². The third-order valence-electron chi connectivity index (χ3n) is 1.17. The van der Waals surface area contributed by atoms with Gasteiger partial charge in [-0.1, -0.05) is 13.1 Å². The zero-order chi connectivity index (χ0) is 11.8. The number of alkyl halides is 1. The number of hydrogen-bond acceptors (Lipinski definition) is 0. The van der Waals surface area contributed by atoms with Crippen molar-refractivity contribution in [3.63, 3.8) is 0 Å². The van der Waals surface area contributed by atoms with Gasteiger partial charge in [0.2, 0.25) is 0 Å². The van der Waals surface area contributed by atoms with E-state index in [9.17, 15) is 0 Å². The quantitative estimate of drug-likeness (QED) is 0.358. The SMILES string of the molecule is CCl.C[SiH]C.[C-]1=CC=CC1.[C-]1=CC=CC1.[Zr+2]. The number of rotatable bonds is 0. The summed E-state index contributed by atoms with van der Waals surface area (Å²) >= 11 is 4.64. The topological polar surface area (TPSA) is 0 Å². The first-order valence-corrected chi connectivity index (χ1v) is 8.03. The van der Waals surface area contributed by atoms with E-state index >= 15 is 0 Å². The second-order valence-electron chi connectivity index (χ2n) is 2.58. The van der Waals surface area contributed by atoms with Gasteiger partial charge in [-0.3, -0.25) is 12.2 Å². The summed E-state index contributed by atoms with van der Waals surface area (Å²) in [5.74, 6) is 0. The summed E-state index contributed by atoms with van der Waals surface area (Å²) in [6.45, 7) is 4.42. The number of hydrogen-bond donors (Lipinski definition) is 0. The summed E-state index contributed by atoms with van der Waals surface area (Å²) in [6, 6.07) is 0. The van der Waals surface area contributed by atoms with Crippen LogP contribution in [-0.4, -0.2) is 15.9 Å². The van der Waals surface area contributed by atoms with Crippen molar-refractivity contribution in [2.24, 2.45) is 0 Å². The fraction of sp³-hybridized carbons (Fsp3) is 0.385. The Balaban J connectivity index is -0.000000147. The van der Waals surface area contributed by atoms with Crippen LogP contribution in [0.5, 0.6) is 0 Å². The van der Waals surface area contributed by atoms with Crippen molar-refractivity contribution in [1.29, 1.82) is 0 Å².